The van der Waals surface area contributed by atoms with E-state index in [1.165, 1.54) is 55.0 Å². The maximum absolute atomic E-state index is 7.12. The summed E-state index contributed by atoms with van der Waals surface area (Å²) in [6.07, 6.45) is 7.08. The highest BCUT2D eigenvalue weighted by molar-refractivity contribution is 8.32. The molecule has 0 spiro atoms. The quantitative estimate of drug-likeness (QED) is 0.169. The first-order valence-electron chi connectivity index (χ1n) is 19.3. The van der Waals surface area contributed by atoms with E-state index in [-0.39, 0.29) is 5.41 Å². The van der Waals surface area contributed by atoms with E-state index in [9.17, 15) is 0 Å². The minimum absolute atomic E-state index is 0.0372. The highest BCUT2D eigenvalue weighted by Crippen LogP contribution is 2.61. The van der Waals surface area contributed by atoms with Crippen LogP contribution in [0.2, 0.25) is 0 Å². The van der Waals surface area contributed by atoms with Crippen molar-refractivity contribution in [3.8, 4) is 11.1 Å². The van der Waals surface area contributed by atoms with E-state index in [0.29, 0.717) is 0 Å². The smallest absolute Gasteiger partial charge is 0.145 e. The Bertz CT molecular complexity index is 2600. The van der Waals surface area contributed by atoms with Crippen LogP contribution in [0.4, 0.5) is 17.1 Å². The fraction of sp³-hybridized carbons (Fsp3) is 0.192. The van der Waals surface area contributed by atoms with E-state index in [2.05, 4.69) is 210 Å². The largest absolute Gasteiger partial charge is 0.455 e. The first kappa shape index (κ1) is 35.2. The van der Waals surface area contributed by atoms with E-state index in [0.717, 1.165) is 39.0 Å². The number of para-hydroxylation sites is 1. The van der Waals surface area contributed by atoms with Crippen molar-refractivity contribution in [2.24, 2.45) is 0 Å². The zero-order valence-corrected chi connectivity index (χ0v) is 34.0. The molecule has 7 aromatic carbocycles. The SMILES string of the molecule is Cc1ccc(C2(c3ccc(C)cc3)c3ccccc3-c3c2cc(N(c2ccc(C(C)(C)C)cc2)c2ccc(S(C)(C)C)cc2)c2c3oc3ccccc32)cc1. The first-order chi connectivity index (χ1) is 26.4. The molecule has 3 heteroatoms. The summed E-state index contributed by atoms with van der Waals surface area (Å²) in [5.41, 5.74) is 15.8. The normalized spacial score (nSPS) is 13.9. The van der Waals surface area contributed by atoms with Crippen LogP contribution in [0.1, 0.15) is 59.7 Å². The number of rotatable bonds is 6. The van der Waals surface area contributed by atoms with Crippen molar-refractivity contribution >= 4 is 49.0 Å². The third-order valence-corrected chi connectivity index (χ3v) is 13.3. The van der Waals surface area contributed by atoms with Crippen LogP contribution in [0.5, 0.6) is 0 Å². The molecule has 0 saturated carbocycles. The maximum Gasteiger partial charge on any atom is 0.145 e. The van der Waals surface area contributed by atoms with Crippen molar-refractivity contribution in [1.29, 1.82) is 0 Å². The fourth-order valence-corrected chi connectivity index (χ4v) is 9.68. The number of aryl methyl sites for hydroxylation is 2. The standard InChI is InChI=1S/C52H49NOS/c1-34-17-21-37(22-18-34)52(38-23-19-35(2)20-24-38)44-15-11-9-13-42(44)48-45(52)33-46(49-43-14-10-12-16-47(43)54-50(48)49)53(39-27-25-36(26-28-39)51(3,4)5)40-29-31-41(32-30-40)55(6,7)8/h9-33H,1-8H3. The van der Waals surface area contributed by atoms with Crippen LogP contribution < -0.4 is 4.90 Å². The molecule has 0 bridgehead atoms. The molecule has 8 aromatic rings. The van der Waals surface area contributed by atoms with Gasteiger partial charge in [-0.2, -0.15) is 0 Å². The Balaban J connectivity index is 1.44. The summed E-state index contributed by atoms with van der Waals surface area (Å²) in [5, 5.41) is 2.24. The second-order valence-electron chi connectivity index (χ2n) is 17.1. The Kier molecular flexibility index (Phi) is 8.18. The van der Waals surface area contributed by atoms with E-state index in [4.69, 9.17) is 4.42 Å². The molecule has 0 fully saturated rings. The molecule has 0 radical (unpaired) electrons. The van der Waals surface area contributed by atoms with Crippen LogP contribution in [0.3, 0.4) is 0 Å². The molecular weight excluding hydrogens is 687 g/mol. The van der Waals surface area contributed by atoms with Gasteiger partial charge in [0, 0.05) is 22.3 Å². The zero-order chi connectivity index (χ0) is 38.3. The lowest BCUT2D eigenvalue weighted by molar-refractivity contribution is 0.590. The van der Waals surface area contributed by atoms with E-state index in [1.54, 1.807) is 0 Å². The molecule has 1 aliphatic rings. The summed E-state index contributed by atoms with van der Waals surface area (Å²) >= 11 is 0. The molecule has 1 heterocycles. The summed E-state index contributed by atoms with van der Waals surface area (Å²) < 4.78 is 7.12. The fourth-order valence-electron chi connectivity index (χ4n) is 8.73. The number of hydrogen-bond donors (Lipinski definition) is 0. The summed E-state index contributed by atoms with van der Waals surface area (Å²) in [4.78, 5) is 3.86. The zero-order valence-electron chi connectivity index (χ0n) is 33.2. The molecule has 0 atom stereocenters. The Morgan fingerprint density at radius 3 is 1.71 bits per heavy atom. The molecule has 0 N–H and O–H groups in total. The van der Waals surface area contributed by atoms with Crippen LogP contribution in [0, 0.1) is 13.8 Å². The van der Waals surface area contributed by atoms with Gasteiger partial charge in [0.1, 0.15) is 11.2 Å². The molecule has 0 saturated heterocycles. The minimum Gasteiger partial charge on any atom is -0.455 e. The van der Waals surface area contributed by atoms with Crippen molar-refractivity contribution < 1.29 is 4.42 Å². The average molecular weight is 736 g/mol. The molecule has 55 heavy (non-hydrogen) atoms. The van der Waals surface area contributed by atoms with Crippen LogP contribution in [0.25, 0.3) is 33.1 Å². The molecule has 1 aromatic heterocycles. The van der Waals surface area contributed by atoms with Gasteiger partial charge in [-0.1, -0.05) is 135 Å². The topological polar surface area (TPSA) is 16.4 Å². The predicted octanol–water partition coefficient (Wildman–Crippen LogP) is 14.4. The van der Waals surface area contributed by atoms with E-state index >= 15 is 0 Å². The maximum atomic E-state index is 7.12. The molecule has 2 nitrogen and oxygen atoms in total. The van der Waals surface area contributed by atoms with Gasteiger partial charge in [-0.05, 0) is 125 Å². The van der Waals surface area contributed by atoms with Crippen molar-refractivity contribution in [2.75, 3.05) is 23.7 Å². The summed E-state index contributed by atoms with van der Waals surface area (Å²) in [5.74, 6) is 0. The number of nitrogens with zero attached hydrogens (tertiary/aromatic N) is 1. The summed E-state index contributed by atoms with van der Waals surface area (Å²) in [6, 6.07) is 56.9. The van der Waals surface area contributed by atoms with Crippen LogP contribution in [-0.4, -0.2) is 18.8 Å². The number of fused-ring (bicyclic) bond motifs is 7. The Hall–Kier alpha value is -5.51. The van der Waals surface area contributed by atoms with Crippen molar-refractivity contribution in [1.82, 2.24) is 0 Å². The van der Waals surface area contributed by atoms with E-state index in [1.807, 2.05) is 0 Å². The molecule has 0 unspecified atom stereocenters. The lowest BCUT2D eigenvalue weighted by Gasteiger charge is -2.35. The molecule has 0 aliphatic heterocycles. The van der Waals surface area contributed by atoms with Gasteiger partial charge >= 0.3 is 0 Å². The highest BCUT2D eigenvalue weighted by atomic mass is 32.3. The van der Waals surface area contributed by atoms with Gasteiger partial charge < -0.3 is 9.32 Å². The lowest BCUT2D eigenvalue weighted by atomic mass is 9.67. The Morgan fingerprint density at radius 1 is 0.582 bits per heavy atom. The molecule has 1 aliphatic carbocycles. The molecule has 274 valence electrons. The number of anilines is 3. The van der Waals surface area contributed by atoms with E-state index < -0.39 is 15.4 Å². The van der Waals surface area contributed by atoms with Gasteiger partial charge in [-0.3, -0.25) is 0 Å². The van der Waals surface area contributed by atoms with Gasteiger partial charge in [0.15, 0.2) is 0 Å². The predicted molar refractivity (Wildman–Crippen MR) is 238 cm³/mol. The van der Waals surface area contributed by atoms with Gasteiger partial charge in [0.05, 0.1) is 16.5 Å². The summed E-state index contributed by atoms with van der Waals surface area (Å²) in [7, 11) is -0.906. The molecular formula is C52H49NOS. The number of furan rings is 1. The summed E-state index contributed by atoms with van der Waals surface area (Å²) in [6.45, 7) is 11.2. The average Bonchev–Trinajstić information content (AvgIpc) is 3.70. The van der Waals surface area contributed by atoms with Gasteiger partial charge in [-0.25, -0.2) is 10.0 Å². The van der Waals surface area contributed by atoms with Crippen LogP contribution >= 0.6 is 10.0 Å². The van der Waals surface area contributed by atoms with Crippen molar-refractivity contribution in [3.63, 3.8) is 0 Å². The van der Waals surface area contributed by atoms with Crippen molar-refractivity contribution in [3.05, 3.63) is 191 Å². The Labute approximate surface area is 327 Å². The van der Waals surface area contributed by atoms with Gasteiger partial charge in [-0.15, -0.1) is 0 Å². The Morgan fingerprint density at radius 2 is 1.13 bits per heavy atom. The first-order valence-corrected chi connectivity index (χ1v) is 22.1. The number of benzene rings is 7. The van der Waals surface area contributed by atoms with Gasteiger partial charge in [0.2, 0.25) is 0 Å². The highest BCUT2D eigenvalue weighted by Gasteiger charge is 2.48. The monoisotopic (exact) mass is 735 g/mol. The number of hydrogen-bond acceptors (Lipinski definition) is 2. The second kappa shape index (κ2) is 12.8. The molecule has 0 amide bonds. The molecule has 9 rings (SSSR count). The van der Waals surface area contributed by atoms with Crippen molar-refractivity contribution in [2.45, 2.75) is 50.3 Å². The van der Waals surface area contributed by atoms with Crippen LogP contribution in [-0.2, 0) is 10.8 Å². The minimum atomic E-state index is -0.906. The third-order valence-electron chi connectivity index (χ3n) is 11.6. The third kappa shape index (κ3) is 5.63. The van der Waals surface area contributed by atoms with Gasteiger partial charge in [0.25, 0.3) is 0 Å². The van der Waals surface area contributed by atoms with Crippen LogP contribution in [0.15, 0.2) is 161 Å². The lowest BCUT2D eigenvalue weighted by Crippen LogP contribution is -2.29. The second-order valence-corrected chi connectivity index (χ2v) is 21.3.